The summed E-state index contributed by atoms with van der Waals surface area (Å²) in [5.41, 5.74) is 0. The van der Waals surface area contributed by atoms with Gasteiger partial charge in [-0.25, -0.2) is 4.98 Å². The summed E-state index contributed by atoms with van der Waals surface area (Å²) in [6.07, 6.45) is 8.68. The summed E-state index contributed by atoms with van der Waals surface area (Å²) in [6.45, 7) is 1.32. The number of nitrogens with zero attached hydrogens (tertiary/aromatic N) is 2. The SMILES string of the molecule is OCCCCCn1ccnc1. The first-order chi connectivity index (χ1) is 5.43. The van der Waals surface area contributed by atoms with E-state index >= 15 is 0 Å². The van der Waals surface area contributed by atoms with Crippen LogP contribution in [-0.2, 0) is 6.54 Å². The third kappa shape index (κ3) is 3.18. The summed E-state index contributed by atoms with van der Waals surface area (Å²) in [6, 6.07) is 0. The van der Waals surface area contributed by atoms with Crippen LogP contribution in [0, 0.1) is 0 Å². The highest BCUT2D eigenvalue weighted by atomic mass is 16.2. The van der Waals surface area contributed by atoms with Gasteiger partial charge in [0.15, 0.2) is 0 Å². The van der Waals surface area contributed by atoms with E-state index in [1.165, 1.54) is 0 Å². The fourth-order valence-corrected chi connectivity index (χ4v) is 1.00. The molecule has 1 N–H and O–H groups in total. The summed E-state index contributed by atoms with van der Waals surface area (Å²) in [5, 5.41) is 8.50. The van der Waals surface area contributed by atoms with Crippen molar-refractivity contribution in [1.82, 2.24) is 9.55 Å². The van der Waals surface area contributed by atoms with E-state index in [0.717, 1.165) is 25.8 Å². The Bertz CT molecular complexity index is 172. The standard InChI is InChI=1S/C8H14N2O/c11-7-3-1-2-5-10-6-4-9-8-10/h4,6,8,11H,1-3,5,7H2. The van der Waals surface area contributed by atoms with Gasteiger partial charge in [-0.1, -0.05) is 0 Å². The highest BCUT2D eigenvalue weighted by Gasteiger charge is 1.89. The van der Waals surface area contributed by atoms with Gasteiger partial charge in [-0.3, -0.25) is 0 Å². The molecule has 0 unspecified atom stereocenters. The molecule has 3 nitrogen and oxygen atoms in total. The van der Waals surface area contributed by atoms with Crippen molar-refractivity contribution < 1.29 is 5.11 Å². The largest absolute Gasteiger partial charge is 0.396 e. The number of aliphatic hydroxyl groups is 1. The number of hydrogen-bond acceptors (Lipinski definition) is 2. The maximum Gasteiger partial charge on any atom is 0.0945 e. The molecule has 0 aliphatic carbocycles. The van der Waals surface area contributed by atoms with Gasteiger partial charge in [-0.2, -0.15) is 0 Å². The lowest BCUT2D eigenvalue weighted by Crippen LogP contribution is -1.94. The van der Waals surface area contributed by atoms with Crippen molar-refractivity contribution in [3.8, 4) is 0 Å². The number of imidazole rings is 1. The van der Waals surface area contributed by atoms with E-state index in [1.807, 2.05) is 12.5 Å². The van der Waals surface area contributed by atoms with Gasteiger partial charge in [0.1, 0.15) is 0 Å². The molecule has 1 aromatic heterocycles. The maximum absolute atomic E-state index is 8.50. The minimum Gasteiger partial charge on any atom is -0.396 e. The maximum atomic E-state index is 8.50. The fraction of sp³-hybridized carbons (Fsp3) is 0.625. The number of hydrogen-bond donors (Lipinski definition) is 1. The second-order valence-corrected chi connectivity index (χ2v) is 2.58. The Kier molecular flexibility index (Phi) is 3.69. The second kappa shape index (κ2) is 4.91. The minimum absolute atomic E-state index is 0.309. The minimum atomic E-state index is 0.309. The molecule has 0 saturated heterocycles. The van der Waals surface area contributed by atoms with E-state index in [2.05, 4.69) is 9.55 Å². The van der Waals surface area contributed by atoms with Gasteiger partial charge in [0.2, 0.25) is 0 Å². The fourth-order valence-electron chi connectivity index (χ4n) is 1.00. The molecule has 0 aromatic carbocycles. The van der Waals surface area contributed by atoms with Crippen molar-refractivity contribution in [2.24, 2.45) is 0 Å². The molecule has 1 rings (SSSR count). The third-order valence-electron chi connectivity index (χ3n) is 1.63. The monoisotopic (exact) mass is 154 g/mol. The number of unbranched alkanes of at least 4 members (excludes halogenated alkanes) is 2. The molecule has 62 valence electrons. The van der Waals surface area contributed by atoms with Gasteiger partial charge >= 0.3 is 0 Å². The van der Waals surface area contributed by atoms with E-state index < -0.39 is 0 Å². The third-order valence-corrected chi connectivity index (χ3v) is 1.63. The molecule has 0 fully saturated rings. The summed E-state index contributed by atoms with van der Waals surface area (Å²) in [7, 11) is 0. The van der Waals surface area contributed by atoms with Crippen LogP contribution in [0.3, 0.4) is 0 Å². The predicted octanol–water partition coefficient (Wildman–Crippen LogP) is 1.05. The first-order valence-electron chi connectivity index (χ1n) is 4.00. The second-order valence-electron chi connectivity index (χ2n) is 2.58. The van der Waals surface area contributed by atoms with Crippen LogP contribution in [-0.4, -0.2) is 21.3 Å². The van der Waals surface area contributed by atoms with E-state index in [4.69, 9.17) is 5.11 Å². The van der Waals surface area contributed by atoms with Crippen LogP contribution in [0.15, 0.2) is 18.7 Å². The average Bonchev–Trinajstić information content (AvgIpc) is 2.50. The molecule has 0 spiro atoms. The Hall–Kier alpha value is -0.830. The van der Waals surface area contributed by atoms with Crippen LogP contribution in [0.4, 0.5) is 0 Å². The smallest absolute Gasteiger partial charge is 0.0945 e. The van der Waals surface area contributed by atoms with Crippen LogP contribution in [0.5, 0.6) is 0 Å². The first-order valence-corrected chi connectivity index (χ1v) is 4.00. The molecule has 0 atom stereocenters. The molecule has 1 aromatic rings. The van der Waals surface area contributed by atoms with Crippen molar-refractivity contribution in [3.05, 3.63) is 18.7 Å². The molecule has 0 bridgehead atoms. The van der Waals surface area contributed by atoms with E-state index in [1.54, 1.807) is 6.20 Å². The Morgan fingerprint density at radius 2 is 2.18 bits per heavy atom. The van der Waals surface area contributed by atoms with Gasteiger partial charge in [-0.05, 0) is 19.3 Å². The summed E-state index contributed by atoms with van der Waals surface area (Å²) >= 11 is 0. The lowest BCUT2D eigenvalue weighted by molar-refractivity contribution is 0.282. The summed E-state index contributed by atoms with van der Waals surface area (Å²) in [5.74, 6) is 0. The zero-order valence-corrected chi connectivity index (χ0v) is 6.61. The number of aliphatic hydroxyl groups excluding tert-OH is 1. The van der Waals surface area contributed by atoms with E-state index in [0.29, 0.717) is 6.61 Å². The number of aryl methyl sites for hydroxylation is 1. The molecule has 11 heavy (non-hydrogen) atoms. The molecule has 1 heterocycles. The van der Waals surface area contributed by atoms with Crippen LogP contribution >= 0.6 is 0 Å². The summed E-state index contributed by atoms with van der Waals surface area (Å²) in [4.78, 5) is 3.93. The van der Waals surface area contributed by atoms with Crippen molar-refractivity contribution in [2.75, 3.05) is 6.61 Å². The highest BCUT2D eigenvalue weighted by Crippen LogP contribution is 1.97. The van der Waals surface area contributed by atoms with Crippen molar-refractivity contribution in [2.45, 2.75) is 25.8 Å². The van der Waals surface area contributed by atoms with Gasteiger partial charge < -0.3 is 9.67 Å². The topological polar surface area (TPSA) is 38.0 Å². The average molecular weight is 154 g/mol. The van der Waals surface area contributed by atoms with Crippen LogP contribution < -0.4 is 0 Å². The highest BCUT2D eigenvalue weighted by molar-refractivity contribution is 4.73. The van der Waals surface area contributed by atoms with Crippen LogP contribution in [0.1, 0.15) is 19.3 Å². The molecule has 0 aliphatic rings. The van der Waals surface area contributed by atoms with Gasteiger partial charge in [0.25, 0.3) is 0 Å². The van der Waals surface area contributed by atoms with Gasteiger partial charge in [0, 0.05) is 25.5 Å². The zero-order chi connectivity index (χ0) is 7.94. The Morgan fingerprint density at radius 1 is 1.27 bits per heavy atom. The van der Waals surface area contributed by atoms with Crippen molar-refractivity contribution in [3.63, 3.8) is 0 Å². The van der Waals surface area contributed by atoms with Crippen LogP contribution in [0.25, 0.3) is 0 Å². The molecular formula is C8H14N2O. The van der Waals surface area contributed by atoms with E-state index in [9.17, 15) is 0 Å². The Balaban J connectivity index is 2.04. The molecular weight excluding hydrogens is 140 g/mol. The van der Waals surface area contributed by atoms with Gasteiger partial charge in [0.05, 0.1) is 6.33 Å². The Morgan fingerprint density at radius 3 is 2.82 bits per heavy atom. The lowest BCUT2D eigenvalue weighted by Gasteiger charge is -1.99. The molecule has 0 amide bonds. The van der Waals surface area contributed by atoms with E-state index in [-0.39, 0.29) is 0 Å². The zero-order valence-electron chi connectivity index (χ0n) is 6.61. The first kappa shape index (κ1) is 8.27. The predicted molar refractivity (Wildman–Crippen MR) is 43.2 cm³/mol. The van der Waals surface area contributed by atoms with Crippen molar-refractivity contribution in [1.29, 1.82) is 0 Å². The normalized spacial score (nSPS) is 10.3. The number of rotatable bonds is 5. The number of aromatic nitrogens is 2. The molecule has 0 radical (unpaired) electrons. The quantitative estimate of drug-likeness (QED) is 0.644. The Labute approximate surface area is 66.7 Å². The lowest BCUT2D eigenvalue weighted by atomic mass is 10.2. The molecule has 3 heteroatoms. The van der Waals surface area contributed by atoms with Crippen molar-refractivity contribution >= 4 is 0 Å². The van der Waals surface area contributed by atoms with Gasteiger partial charge in [-0.15, -0.1) is 0 Å². The van der Waals surface area contributed by atoms with Crippen LogP contribution in [0.2, 0.25) is 0 Å². The molecule has 0 aliphatic heterocycles. The summed E-state index contributed by atoms with van der Waals surface area (Å²) < 4.78 is 2.05. The molecule has 0 saturated carbocycles.